The van der Waals surface area contributed by atoms with Crippen LogP contribution in [-0.2, 0) is 9.84 Å². The fourth-order valence-electron chi connectivity index (χ4n) is 1.82. The third-order valence-electron chi connectivity index (χ3n) is 3.08. The zero-order valence-electron chi connectivity index (χ0n) is 11.1. The highest BCUT2D eigenvalue weighted by Gasteiger charge is 2.54. The van der Waals surface area contributed by atoms with Crippen LogP contribution in [0.25, 0.3) is 0 Å². The molecular formula is C15H13F3O2S. The van der Waals surface area contributed by atoms with Crippen molar-refractivity contribution in [1.29, 1.82) is 0 Å². The van der Waals surface area contributed by atoms with Crippen LogP contribution in [0.15, 0.2) is 59.5 Å². The maximum atomic E-state index is 14.1. The zero-order valence-corrected chi connectivity index (χ0v) is 11.9. The topological polar surface area (TPSA) is 34.1 Å². The maximum Gasteiger partial charge on any atom is 0.384 e. The van der Waals surface area contributed by atoms with Gasteiger partial charge in [-0.1, -0.05) is 48.0 Å². The molecule has 2 rings (SSSR count). The summed E-state index contributed by atoms with van der Waals surface area (Å²) in [6.45, 7) is 1.72. The van der Waals surface area contributed by atoms with E-state index < -0.39 is 26.2 Å². The van der Waals surface area contributed by atoms with E-state index in [0.29, 0.717) is 0 Å². The minimum atomic E-state index is -5.10. The fourth-order valence-corrected chi connectivity index (χ4v) is 3.06. The van der Waals surface area contributed by atoms with Gasteiger partial charge in [0.25, 0.3) is 0 Å². The van der Waals surface area contributed by atoms with Crippen LogP contribution in [0.3, 0.4) is 0 Å². The lowest BCUT2D eigenvalue weighted by atomic mass is 10.1. The first-order valence-corrected chi connectivity index (χ1v) is 7.63. The first kappa shape index (κ1) is 15.6. The lowest BCUT2D eigenvalue weighted by molar-refractivity contribution is 0.00368. The molecule has 2 aromatic carbocycles. The highest BCUT2D eigenvalue weighted by molar-refractivity contribution is 7.92. The van der Waals surface area contributed by atoms with E-state index >= 15 is 0 Å². The third kappa shape index (κ3) is 2.81. The molecule has 0 amide bonds. The summed E-state index contributed by atoms with van der Waals surface area (Å²) in [5, 5.41) is -4.54. The molecule has 0 N–H and O–H groups in total. The van der Waals surface area contributed by atoms with Crippen molar-refractivity contribution in [2.45, 2.75) is 23.2 Å². The molecule has 0 aliphatic carbocycles. The van der Waals surface area contributed by atoms with Gasteiger partial charge in [0.15, 0.2) is 0 Å². The molecule has 1 unspecified atom stereocenters. The predicted molar refractivity (Wildman–Crippen MR) is 73.6 cm³/mol. The Morgan fingerprint density at radius 3 is 2.00 bits per heavy atom. The van der Waals surface area contributed by atoms with Crippen LogP contribution in [0.4, 0.5) is 13.2 Å². The minimum Gasteiger partial charge on any atom is -0.234 e. The molecule has 21 heavy (non-hydrogen) atoms. The highest BCUT2D eigenvalue weighted by Crippen LogP contribution is 2.42. The van der Waals surface area contributed by atoms with Crippen molar-refractivity contribution in [2.75, 3.05) is 0 Å². The van der Waals surface area contributed by atoms with Gasteiger partial charge < -0.3 is 0 Å². The first-order chi connectivity index (χ1) is 9.76. The SMILES string of the molecule is Cc1ccc(C(F)C(F)(F)S(=O)(=O)c2ccccc2)cc1. The van der Waals surface area contributed by atoms with E-state index in [9.17, 15) is 21.6 Å². The van der Waals surface area contributed by atoms with Crippen molar-refractivity contribution in [1.82, 2.24) is 0 Å². The lowest BCUT2D eigenvalue weighted by Gasteiger charge is -2.21. The number of sulfone groups is 1. The molecule has 0 spiro atoms. The van der Waals surface area contributed by atoms with E-state index in [1.807, 2.05) is 0 Å². The number of aryl methyl sites for hydroxylation is 1. The lowest BCUT2D eigenvalue weighted by Crippen LogP contribution is -2.34. The number of benzene rings is 2. The van der Waals surface area contributed by atoms with Gasteiger partial charge in [-0.3, -0.25) is 0 Å². The van der Waals surface area contributed by atoms with Crippen molar-refractivity contribution >= 4 is 9.84 Å². The average molecular weight is 314 g/mol. The minimum absolute atomic E-state index is 0.370. The molecule has 2 nitrogen and oxygen atoms in total. The van der Waals surface area contributed by atoms with Gasteiger partial charge >= 0.3 is 5.25 Å². The fraction of sp³-hybridized carbons (Fsp3) is 0.200. The van der Waals surface area contributed by atoms with Crippen LogP contribution in [0.1, 0.15) is 17.3 Å². The third-order valence-corrected chi connectivity index (χ3v) is 4.89. The second-order valence-electron chi connectivity index (χ2n) is 4.65. The van der Waals surface area contributed by atoms with E-state index in [4.69, 9.17) is 0 Å². The Hall–Kier alpha value is -1.82. The second-order valence-corrected chi connectivity index (χ2v) is 6.67. The summed E-state index contributed by atoms with van der Waals surface area (Å²) in [5.74, 6) is 0. The predicted octanol–water partition coefficient (Wildman–Crippen LogP) is 4.07. The molecule has 0 aromatic heterocycles. The van der Waals surface area contributed by atoms with E-state index in [1.54, 1.807) is 6.92 Å². The summed E-state index contributed by atoms with van der Waals surface area (Å²) in [6, 6.07) is 11.4. The molecular weight excluding hydrogens is 301 g/mol. The summed E-state index contributed by atoms with van der Waals surface area (Å²) < 4.78 is 66.2. The van der Waals surface area contributed by atoms with Crippen molar-refractivity contribution in [3.63, 3.8) is 0 Å². The summed E-state index contributed by atoms with van der Waals surface area (Å²) in [4.78, 5) is -0.607. The molecule has 0 radical (unpaired) electrons. The Kier molecular flexibility index (Phi) is 4.09. The molecule has 1 atom stereocenters. The Balaban J connectivity index is 2.43. The quantitative estimate of drug-likeness (QED) is 0.852. The van der Waals surface area contributed by atoms with Gasteiger partial charge in [0.1, 0.15) is 0 Å². The normalized spacial score (nSPS) is 13.9. The Bertz CT molecular complexity index is 710. The standard InChI is InChI=1S/C15H13F3O2S/c1-11-7-9-12(10-8-11)14(16)15(17,18)21(19,20)13-5-3-2-4-6-13/h2-10,14H,1H3. The van der Waals surface area contributed by atoms with Crippen molar-refractivity contribution in [3.8, 4) is 0 Å². The Morgan fingerprint density at radius 2 is 1.48 bits per heavy atom. The van der Waals surface area contributed by atoms with Crippen molar-refractivity contribution < 1.29 is 21.6 Å². The van der Waals surface area contributed by atoms with E-state index in [1.165, 1.54) is 30.3 Å². The number of halogens is 3. The maximum absolute atomic E-state index is 14.1. The van der Waals surface area contributed by atoms with Gasteiger partial charge in [-0.05, 0) is 24.6 Å². The second kappa shape index (κ2) is 5.52. The van der Waals surface area contributed by atoms with Crippen LogP contribution in [0, 0.1) is 6.92 Å². The van der Waals surface area contributed by atoms with E-state index in [-0.39, 0.29) is 5.56 Å². The van der Waals surface area contributed by atoms with Crippen molar-refractivity contribution in [3.05, 3.63) is 65.7 Å². The van der Waals surface area contributed by atoms with E-state index in [2.05, 4.69) is 0 Å². The summed E-state index contributed by atoms with van der Waals surface area (Å²) >= 11 is 0. The van der Waals surface area contributed by atoms with Gasteiger partial charge in [-0.15, -0.1) is 0 Å². The highest BCUT2D eigenvalue weighted by atomic mass is 32.2. The van der Waals surface area contributed by atoms with Crippen LogP contribution >= 0.6 is 0 Å². The molecule has 0 fully saturated rings. The molecule has 0 heterocycles. The summed E-state index contributed by atoms with van der Waals surface area (Å²) in [5.41, 5.74) is 0.394. The zero-order chi connectivity index (χ0) is 15.7. The number of hydrogen-bond acceptors (Lipinski definition) is 2. The van der Waals surface area contributed by atoms with Gasteiger partial charge in [0.05, 0.1) is 4.90 Å². The molecule has 0 bridgehead atoms. The van der Waals surface area contributed by atoms with Gasteiger partial charge in [-0.25, -0.2) is 12.8 Å². The van der Waals surface area contributed by atoms with Gasteiger partial charge in [0, 0.05) is 0 Å². The molecule has 2 aromatic rings. The average Bonchev–Trinajstić information content (AvgIpc) is 2.48. The molecule has 6 heteroatoms. The molecule has 0 saturated carbocycles. The summed E-state index contributed by atoms with van der Waals surface area (Å²) in [6.07, 6.45) is -2.93. The number of alkyl halides is 3. The Morgan fingerprint density at radius 1 is 0.952 bits per heavy atom. The van der Waals surface area contributed by atoms with Crippen LogP contribution < -0.4 is 0 Å². The number of rotatable bonds is 4. The van der Waals surface area contributed by atoms with Crippen LogP contribution in [0.5, 0.6) is 0 Å². The monoisotopic (exact) mass is 314 g/mol. The largest absolute Gasteiger partial charge is 0.384 e. The smallest absolute Gasteiger partial charge is 0.234 e. The Labute approximate surface area is 121 Å². The molecule has 112 valence electrons. The van der Waals surface area contributed by atoms with Gasteiger partial charge in [-0.2, -0.15) is 8.78 Å². The molecule has 0 aliphatic rings. The first-order valence-electron chi connectivity index (χ1n) is 6.15. The molecule has 0 saturated heterocycles. The molecule has 0 aliphatic heterocycles. The summed E-state index contributed by atoms with van der Waals surface area (Å²) in [7, 11) is -5.10. The number of hydrogen-bond donors (Lipinski definition) is 0. The van der Waals surface area contributed by atoms with Gasteiger partial charge in [0.2, 0.25) is 16.0 Å². The van der Waals surface area contributed by atoms with Crippen LogP contribution in [0.2, 0.25) is 0 Å². The van der Waals surface area contributed by atoms with E-state index in [0.717, 1.165) is 29.8 Å². The van der Waals surface area contributed by atoms with Crippen molar-refractivity contribution in [2.24, 2.45) is 0 Å². The van der Waals surface area contributed by atoms with Crippen LogP contribution in [-0.4, -0.2) is 13.7 Å².